The molecule has 4 atom stereocenters. The van der Waals surface area contributed by atoms with Crippen molar-refractivity contribution in [2.75, 3.05) is 13.2 Å². The van der Waals surface area contributed by atoms with Crippen LogP contribution in [0, 0.1) is 17.8 Å². The molecule has 5 rings (SSSR count). The van der Waals surface area contributed by atoms with E-state index >= 15 is 0 Å². The summed E-state index contributed by atoms with van der Waals surface area (Å²) in [7, 11) is 1.90. The second-order valence-electron chi connectivity index (χ2n) is 9.60. The van der Waals surface area contributed by atoms with Crippen LogP contribution in [-0.4, -0.2) is 55.1 Å². The summed E-state index contributed by atoms with van der Waals surface area (Å²) < 4.78 is 3.56. The van der Waals surface area contributed by atoms with Crippen molar-refractivity contribution < 1.29 is 14.7 Å². The van der Waals surface area contributed by atoms with Crippen LogP contribution in [0.2, 0.25) is 0 Å². The summed E-state index contributed by atoms with van der Waals surface area (Å²) in [5.74, 6) is -1.24. The average molecular weight is 466 g/mol. The van der Waals surface area contributed by atoms with Crippen LogP contribution >= 0.6 is 0 Å². The fourth-order valence-corrected chi connectivity index (χ4v) is 5.60. The molecular weight excluding hydrogens is 434 g/mol. The number of aliphatic hydroxyl groups excluding tert-OH is 1. The summed E-state index contributed by atoms with van der Waals surface area (Å²) in [6, 6.07) is 2.67. The van der Waals surface area contributed by atoms with Gasteiger partial charge in [0.2, 0.25) is 11.8 Å². The highest BCUT2D eigenvalue weighted by Crippen LogP contribution is 2.50. The predicted molar refractivity (Wildman–Crippen MR) is 125 cm³/mol. The second kappa shape index (κ2) is 8.87. The van der Waals surface area contributed by atoms with E-state index in [2.05, 4.69) is 10.3 Å². The van der Waals surface area contributed by atoms with Crippen LogP contribution in [0.1, 0.15) is 42.8 Å². The third kappa shape index (κ3) is 3.77. The van der Waals surface area contributed by atoms with E-state index in [-0.39, 0.29) is 42.5 Å². The van der Waals surface area contributed by atoms with Crippen molar-refractivity contribution in [3.05, 3.63) is 58.0 Å². The molecule has 4 heterocycles. The third-order valence-corrected chi connectivity index (χ3v) is 7.34. The van der Waals surface area contributed by atoms with Gasteiger partial charge in [0.1, 0.15) is 0 Å². The SMILES string of the molecule is C/C=C/c1ccc2n(c1=O)C[C@H]1[C@H](CO)[C@@H](C(=O)NCCc3cn(C)cn3)[C@@H]2N1C(=O)C1CC1. The number of aryl methyl sites for hydroxylation is 1. The quantitative estimate of drug-likeness (QED) is 0.631. The molecule has 2 bridgehead atoms. The molecule has 0 spiro atoms. The van der Waals surface area contributed by atoms with Gasteiger partial charge in [-0.3, -0.25) is 14.4 Å². The molecule has 3 aliphatic rings. The molecule has 0 radical (unpaired) electrons. The lowest BCUT2D eigenvalue weighted by Crippen LogP contribution is -2.49. The van der Waals surface area contributed by atoms with Gasteiger partial charge in [-0.05, 0) is 31.9 Å². The molecule has 2 fully saturated rings. The Bertz CT molecular complexity index is 1190. The number of rotatable bonds is 7. The van der Waals surface area contributed by atoms with E-state index in [0.717, 1.165) is 18.5 Å². The summed E-state index contributed by atoms with van der Waals surface area (Å²) in [4.78, 5) is 46.1. The molecule has 0 unspecified atom stereocenters. The Morgan fingerprint density at radius 3 is 2.74 bits per heavy atom. The highest BCUT2D eigenvalue weighted by atomic mass is 16.3. The topological polar surface area (TPSA) is 109 Å². The number of amides is 2. The first-order chi connectivity index (χ1) is 16.4. The Morgan fingerprint density at radius 2 is 2.09 bits per heavy atom. The zero-order valence-electron chi connectivity index (χ0n) is 19.6. The van der Waals surface area contributed by atoms with Gasteiger partial charge in [0.15, 0.2) is 0 Å². The Hall–Kier alpha value is -3.20. The number of imidazole rings is 1. The molecular formula is C25H31N5O4. The van der Waals surface area contributed by atoms with E-state index < -0.39 is 17.9 Å². The minimum absolute atomic E-state index is 0.0177. The standard InChI is InChI=1S/C25H31N5O4/c1-3-4-15-7-8-19-22-21(23(32)26-10-9-17-11-28(2)14-27-17)18(13-31)20(12-29(19)24(15)33)30(22)25(34)16-5-6-16/h3-4,7-8,11,14,16,18,20-22,31H,5-6,9-10,12-13H2,1-2H3,(H,26,32)/b4-3+/t18-,20-,21+,22+/m0/s1. The first-order valence-corrected chi connectivity index (χ1v) is 12.0. The highest BCUT2D eigenvalue weighted by molar-refractivity contribution is 5.86. The number of hydrogen-bond donors (Lipinski definition) is 2. The van der Waals surface area contributed by atoms with Crippen molar-refractivity contribution in [2.24, 2.45) is 24.8 Å². The predicted octanol–water partition coefficient (Wildman–Crippen LogP) is 0.874. The fourth-order valence-electron chi connectivity index (χ4n) is 5.60. The summed E-state index contributed by atoms with van der Waals surface area (Å²) in [5, 5.41) is 13.4. The normalized spacial score (nSPS) is 25.6. The van der Waals surface area contributed by atoms with Gasteiger partial charge in [-0.1, -0.05) is 12.2 Å². The number of carbonyl (C=O) groups is 2. The Kier molecular flexibility index (Phi) is 5.89. The average Bonchev–Trinajstić information content (AvgIpc) is 3.54. The van der Waals surface area contributed by atoms with Gasteiger partial charge >= 0.3 is 0 Å². The number of nitrogens with one attached hydrogen (secondary N) is 1. The zero-order chi connectivity index (χ0) is 24.0. The summed E-state index contributed by atoms with van der Waals surface area (Å²) >= 11 is 0. The Balaban J connectivity index is 1.48. The molecule has 2 N–H and O–H groups in total. The molecule has 34 heavy (non-hydrogen) atoms. The number of allylic oxidation sites excluding steroid dienone is 1. The Morgan fingerprint density at radius 1 is 1.29 bits per heavy atom. The fraction of sp³-hybridized carbons (Fsp3) is 0.520. The van der Waals surface area contributed by atoms with Gasteiger partial charge < -0.3 is 24.5 Å². The zero-order valence-corrected chi connectivity index (χ0v) is 19.6. The van der Waals surface area contributed by atoms with Crippen LogP contribution < -0.4 is 10.9 Å². The van der Waals surface area contributed by atoms with E-state index in [1.807, 2.05) is 41.8 Å². The summed E-state index contributed by atoms with van der Waals surface area (Å²) in [6.45, 7) is 2.33. The van der Waals surface area contributed by atoms with Gasteiger partial charge in [0, 0.05) is 62.5 Å². The van der Waals surface area contributed by atoms with Crippen molar-refractivity contribution in [1.29, 1.82) is 0 Å². The molecule has 2 aromatic rings. The van der Waals surface area contributed by atoms with Crippen LogP contribution in [0.3, 0.4) is 0 Å². The van der Waals surface area contributed by atoms with Crippen LogP contribution in [0.5, 0.6) is 0 Å². The number of aliphatic hydroxyl groups is 1. The van der Waals surface area contributed by atoms with Crippen molar-refractivity contribution >= 4 is 17.9 Å². The van der Waals surface area contributed by atoms with Gasteiger partial charge in [-0.25, -0.2) is 4.98 Å². The molecule has 1 saturated carbocycles. The van der Waals surface area contributed by atoms with Gasteiger partial charge in [-0.2, -0.15) is 0 Å². The molecule has 2 aliphatic heterocycles. The number of hydrogen-bond acceptors (Lipinski definition) is 5. The maximum absolute atomic E-state index is 13.5. The van der Waals surface area contributed by atoms with E-state index in [9.17, 15) is 19.5 Å². The van der Waals surface area contributed by atoms with Crippen LogP contribution in [0.15, 0.2) is 35.5 Å². The molecule has 9 nitrogen and oxygen atoms in total. The van der Waals surface area contributed by atoms with E-state index in [1.165, 1.54) is 0 Å². The van der Waals surface area contributed by atoms with E-state index in [0.29, 0.717) is 24.2 Å². The first-order valence-electron chi connectivity index (χ1n) is 12.0. The maximum atomic E-state index is 13.5. The Labute approximate surface area is 198 Å². The van der Waals surface area contributed by atoms with E-state index in [4.69, 9.17) is 0 Å². The molecule has 2 aromatic heterocycles. The van der Waals surface area contributed by atoms with Crippen molar-refractivity contribution in [3.63, 3.8) is 0 Å². The minimum Gasteiger partial charge on any atom is -0.396 e. The summed E-state index contributed by atoms with van der Waals surface area (Å²) in [5.41, 5.74) is 2.00. The number of fused-ring (bicyclic) bond motifs is 4. The lowest BCUT2D eigenvalue weighted by atomic mass is 9.86. The number of aromatic nitrogens is 3. The monoisotopic (exact) mass is 465 g/mol. The lowest BCUT2D eigenvalue weighted by molar-refractivity contribution is -0.138. The lowest BCUT2D eigenvalue weighted by Gasteiger charge is -2.38. The third-order valence-electron chi connectivity index (χ3n) is 7.34. The van der Waals surface area contributed by atoms with Crippen LogP contribution in [0.4, 0.5) is 0 Å². The molecule has 180 valence electrons. The van der Waals surface area contributed by atoms with Gasteiger partial charge in [0.25, 0.3) is 5.56 Å². The molecule has 1 saturated heterocycles. The van der Waals surface area contributed by atoms with Gasteiger partial charge in [-0.15, -0.1) is 0 Å². The molecule has 9 heteroatoms. The van der Waals surface area contributed by atoms with E-state index in [1.54, 1.807) is 23.0 Å². The van der Waals surface area contributed by atoms with Crippen LogP contribution in [0.25, 0.3) is 6.08 Å². The van der Waals surface area contributed by atoms with Crippen molar-refractivity contribution in [1.82, 2.24) is 24.3 Å². The van der Waals surface area contributed by atoms with Crippen LogP contribution in [-0.2, 0) is 29.6 Å². The number of carbonyl (C=O) groups excluding carboxylic acids is 2. The highest BCUT2D eigenvalue weighted by Gasteiger charge is 2.58. The number of nitrogens with zero attached hydrogens (tertiary/aromatic N) is 4. The molecule has 0 aromatic carbocycles. The maximum Gasteiger partial charge on any atom is 0.258 e. The van der Waals surface area contributed by atoms with Gasteiger partial charge in [0.05, 0.1) is 30.0 Å². The second-order valence-corrected chi connectivity index (χ2v) is 9.60. The number of pyridine rings is 1. The summed E-state index contributed by atoms with van der Waals surface area (Å²) in [6.07, 6.45) is 9.51. The van der Waals surface area contributed by atoms with Crippen molar-refractivity contribution in [3.8, 4) is 0 Å². The first kappa shape index (κ1) is 22.6. The molecule has 2 amide bonds. The van der Waals surface area contributed by atoms with Crippen molar-refractivity contribution in [2.45, 2.75) is 44.8 Å². The smallest absolute Gasteiger partial charge is 0.258 e. The molecule has 1 aliphatic carbocycles. The minimum atomic E-state index is -0.623. The largest absolute Gasteiger partial charge is 0.396 e.